The Kier molecular flexibility index (Phi) is 9.44. The Hall–Kier alpha value is -4.34. The minimum absolute atomic E-state index is 0.0363. The molecular weight excluding hydrogens is 586 g/mol. The molecule has 3 aromatic carbocycles. The zero-order valence-electron chi connectivity index (χ0n) is 27.2. The molecule has 0 aromatic heterocycles. The molecule has 9 heteroatoms. The van der Waals surface area contributed by atoms with E-state index in [9.17, 15) is 9.59 Å². The molecule has 2 fully saturated rings. The summed E-state index contributed by atoms with van der Waals surface area (Å²) in [5.41, 5.74) is 16.2. The van der Waals surface area contributed by atoms with Gasteiger partial charge < -0.3 is 26.2 Å². The van der Waals surface area contributed by atoms with Gasteiger partial charge in [0.15, 0.2) is 0 Å². The highest BCUT2D eigenvalue weighted by molar-refractivity contribution is 6.12. The van der Waals surface area contributed by atoms with E-state index in [0.29, 0.717) is 42.7 Å². The molecule has 0 spiro atoms. The van der Waals surface area contributed by atoms with Gasteiger partial charge in [-0.05, 0) is 111 Å². The number of carbonyl (C=O) groups is 2. The van der Waals surface area contributed by atoms with Crippen LogP contribution in [0.3, 0.4) is 0 Å². The number of nitrogens with one attached hydrogen (secondary N) is 2. The lowest BCUT2D eigenvalue weighted by molar-refractivity contribution is 0.0938. The third kappa shape index (κ3) is 7.31. The lowest BCUT2D eigenvalue weighted by atomic mass is 9.97. The smallest absolute Gasteiger partial charge is 0.251 e. The first kappa shape index (κ1) is 31.3. The maximum atomic E-state index is 12.9. The monoisotopic (exact) mass is 631 g/mol. The number of aliphatic imine (C=N–C) groups is 2. The predicted octanol–water partition coefficient (Wildman–Crippen LogP) is 5.05. The van der Waals surface area contributed by atoms with Gasteiger partial charge in [-0.25, -0.2) is 0 Å². The molecule has 47 heavy (non-hydrogen) atoms. The number of nitrogens with two attached hydrogens (primary N) is 1. The predicted molar refractivity (Wildman–Crippen MR) is 189 cm³/mol. The Morgan fingerprint density at radius 2 is 1.15 bits per heavy atom. The fourth-order valence-electron chi connectivity index (χ4n) is 7.24. The van der Waals surface area contributed by atoms with Crippen molar-refractivity contribution in [3.63, 3.8) is 0 Å². The first-order valence-corrected chi connectivity index (χ1v) is 17.3. The lowest BCUT2D eigenvalue weighted by Gasteiger charge is -2.26. The van der Waals surface area contributed by atoms with Crippen molar-refractivity contribution in [2.75, 3.05) is 58.1 Å². The van der Waals surface area contributed by atoms with Gasteiger partial charge in [-0.15, -0.1) is 0 Å². The Labute approximate surface area is 277 Å². The number of hydrogen-bond acceptors (Lipinski definition) is 7. The van der Waals surface area contributed by atoms with Gasteiger partial charge in [-0.2, -0.15) is 0 Å². The number of benzene rings is 3. The molecule has 0 unspecified atom stereocenters. The van der Waals surface area contributed by atoms with Crippen LogP contribution in [0.15, 0.2) is 64.6 Å². The van der Waals surface area contributed by atoms with Crippen LogP contribution < -0.4 is 16.4 Å². The molecule has 4 heterocycles. The van der Waals surface area contributed by atoms with Gasteiger partial charge in [0.05, 0.1) is 22.8 Å². The Bertz CT molecular complexity index is 1720. The Morgan fingerprint density at radius 3 is 1.68 bits per heavy atom. The van der Waals surface area contributed by atoms with Crippen LogP contribution >= 0.6 is 0 Å². The summed E-state index contributed by atoms with van der Waals surface area (Å²) in [5, 5.41) is 6.17. The van der Waals surface area contributed by atoms with E-state index >= 15 is 0 Å². The molecule has 3 aromatic rings. The molecule has 0 atom stereocenters. The summed E-state index contributed by atoms with van der Waals surface area (Å²) in [6, 6.07) is 17.6. The first-order valence-electron chi connectivity index (χ1n) is 17.3. The van der Waals surface area contributed by atoms with Crippen LogP contribution in [0.4, 0.5) is 17.1 Å². The van der Waals surface area contributed by atoms with Crippen molar-refractivity contribution < 1.29 is 9.59 Å². The number of amides is 2. The molecule has 4 aliphatic heterocycles. The van der Waals surface area contributed by atoms with E-state index in [1.807, 2.05) is 48.5 Å². The number of carbonyl (C=O) groups excluding carboxylic acids is 2. The number of rotatable bonds is 10. The van der Waals surface area contributed by atoms with Crippen molar-refractivity contribution in [2.45, 2.75) is 51.4 Å². The summed E-state index contributed by atoms with van der Waals surface area (Å²) in [7, 11) is 0. The third-order valence-electron chi connectivity index (χ3n) is 9.93. The first-order chi connectivity index (χ1) is 23.0. The van der Waals surface area contributed by atoms with Crippen molar-refractivity contribution in [3.05, 3.63) is 88.0 Å². The minimum atomic E-state index is -0.0407. The van der Waals surface area contributed by atoms with Crippen molar-refractivity contribution in [3.8, 4) is 0 Å². The maximum Gasteiger partial charge on any atom is 0.251 e. The number of nitrogen functional groups attached to an aromatic ring is 1. The van der Waals surface area contributed by atoms with Gasteiger partial charge in [-0.1, -0.05) is 25.0 Å². The van der Waals surface area contributed by atoms with Crippen molar-refractivity contribution in [1.82, 2.24) is 20.4 Å². The molecule has 4 N–H and O–H groups in total. The molecule has 0 aliphatic carbocycles. The second-order valence-electron chi connectivity index (χ2n) is 13.3. The highest BCUT2D eigenvalue weighted by Crippen LogP contribution is 2.34. The van der Waals surface area contributed by atoms with E-state index in [1.54, 1.807) is 0 Å². The van der Waals surface area contributed by atoms with E-state index in [0.717, 1.165) is 84.3 Å². The van der Waals surface area contributed by atoms with Gasteiger partial charge in [0.25, 0.3) is 11.8 Å². The summed E-state index contributed by atoms with van der Waals surface area (Å²) >= 11 is 0. The van der Waals surface area contributed by atoms with Crippen LogP contribution in [0.2, 0.25) is 0 Å². The highest BCUT2D eigenvalue weighted by Gasteiger charge is 2.23. The zero-order valence-corrected chi connectivity index (χ0v) is 27.2. The molecule has 9 nitrogen and oxygen atoms in total. The topological polar surface area (TPSA) is 115 Å². The fourth-order valence-corrected chi connectivity index (χ4v) is 7.24. The largest absolute Gasteiger partial charge is 0.398 e. The summed E-state index contributed by atoms with van der Waals surface area (Å²) in [5.74, 6) is -0.0770. The molecule has 0 radical (unpaired) electrons. The number of fused-ring (bicyclic) bond motifs is 2. The Morgan fingerprint density at radius 1 is 0.638 bits per heavy atom. The standard InChI is InChI=1S/C38H45N7O2/c39-32-23-26(35-24-29-21-27(8-11-33(29)42-35)37(46)40-13-19-44-15-3-1-4-16-44)7-10-31(32)36-25-30-22-28(9-12-34(30)43-36)38(47)41-14-20-45-17-5-2-6-18-45/h7-12,21-23H,1-6,13-20,24-25,39H2,(H,40,46)(H,41,47). The minimum Gasteiger partial charge on any atom is -0.398 e. The van der Waals surface area contributed by atoms with Crippen LogP contribution in [0.5, 0.6) is 0 Å². The number of hydrogen-bond donors (Lipinski definition) is 3. The third-order valence-corrected chi connectivity index (χ3v) is 9.93. The second kappa shape index (κ2) is 14.2. The average Bonchev–Trinajstić information content (AvgIpc) is 3.73. The number of anilines is 1. The molecule has 7 rings (SSSR count). The second-order valence-corrected chi connectivity index (χ2v) is 13.3. The van der Waals surface area contributed by atoms with Crippen molar-refractivity contribution in [2.24, 2.45) is 9.98 Å². The quantitative estimate of drug-likeness (QED) is 0.271. The fraction of sp³-hybridized carbons (Fsp3) is 0.421. The van der Waals surface area contributed by atoms with Gasteiger partial charge in [0.1, 0.15) is 0 Å². The van der Waals surface area contributed by atoms with Crippen molar-refractivity contribution in [1.29, 1.82) is 0 Å². The average molecular weight is 632 g/mol. The lowest BCUT2D eigenvalue weighted by Crippen LogP contribution is -2.37. The van der Waals surface area contributed by atoms with Gasteiger partial charge in [0.2, 0.25) is 0 Å². The van der Waals surface area contributed by atoms with Crippen LogP contribution in [-0.2, 0) is 12.8 Å². The maximum absolute atomic E-state index is 12.9. The van der Waals surface area contributed by atoms with E-state index in [1.165, 1.54) is 38.5 Å². The summed E-state index contributed by atoms with van der Waals surface area (Å²) in [6.07, 6.45) is 8.90. The Balaban J connectivity index is 0.938. The van der Waals surface area contributed by atoms with Crippen LogP contribution in [0.1, 0.15) is 81.5 Å². The SMILES string of the molecule is Nc1cc(C2=Nc3ccc(C(=O)NCCN4CCCCC4)cc3C2)ccc1C1=Nc2ccc(C(=O)NCCN3CCCCC3)cc2C1. The van der Waals surface area contributed by atoms with Crippen LogP contribution in [0, 0.1) is 0 Å². The molecular formula is C38H45N7O2. The number of nitrogens with zero attached hydrogens (tertiary/aromatic N) is 4. The molecule has 4 aliphatic rings. The van der Waals surface area contributed by atoms with Crippen LogP contribution in [-0.4, -0.2) is 85.4 Å². The van der Waals surface area contributed by atoms with Crippen molar-refractivity contribution >= 4 is 40.3 Å². The molecule has 2 amide bonds. The van der Waals surface area contributed by atoms with Gasteiger partial charge in [-0.3, -0.25) is 19.6 Å². The highest BCUT2D eigenvalue weighted by atomic mass is 16.2. The van der Waals surface area contributed by atoms with Gasteiger partial charge >= 0.3 is 0 Å². The summed E-state index contributed by atoms with van der Waals surface area (Å²) in [4.78, 5) is 40.3. The summed E-state index contributed by atoms with van der Waals surface area (Å²) in [6.45, 7) is 7.62. The normalized spacial score (nSPS) is 17.9. The van der Waals surface area contributed by atoms with E-state index in [-0.39, 0.29) is 11.8 Å². The van der Waals surface area contributed by atoms with Crippen LogP contribution in [0.25, 0.3) is 0 Å². The molecule has 0 saturated carbocycles. The van der Waals surface area contributed by atoms with E-state index < -0.39 is 0 Å². The van der Waals surface area contributed by atoms with E-state index in [4.69, 9.17) is 15.7 Å². The zero-order chi connectivity index (χ0) is 32.2. The molecule has 0 bridgehead atoms. The number of likely N-dealkylation sites (tertiary alicyclic amines) is 2. The van der Waals surface area contributed by atoms with E-state index in [2.05, 4.69) is 26.5 Å². The molecule has 244 valence electrons. The summed E-state index contributed by atoms with van der Waals surface area (Å²) < 4.78 is 0. The molecule has 2 saturated heterocycles. The number of piperidine rings is 2. The van der Waals surface area contributed by atoms with Gasteiger partial charge in [0, 0.05) is 61.4 Å².